The van der Waals surface area contributed by atoms with E-state index >= 15 is 0 Å². The predicted octanol–water partition coefficient (Wildman–Crippen LogP) is 3.53. The third-order valence-electron chi connectivity index (χ3n) is 3.65. The highest BCUT2D eigenvalue weighted by Crippen LogP contribution is 2.34. The van der Waals surface area contributed by atoms with E-state index in [1.54, 1.807) is 24.3 Å². The average molecular weight is 310 g/mol. The second-order valence-electron chi connectivity index (χ2n) is 5.21. The van der Waals surface area contributed by atoms with Gasteiger partial charge in [-0.3, -0.25) is 0 Å². The zero-order valence-corrected chi connectivity index (χ0v) is 12.3. The fourth-order valence-corrected chi connectivity index (χ4v) is 2.51. The molecule has 6 heteroatoms. The van der Waals surface area contributed by atoms with Gasteiger partial charge >= 0.3 is 0 Å². The molecule has 4 nitrogen and oxygen atoms in total. The van der Waals surface area contributed by atoms with Gasteiger partial charge in [-0.15, -0.1) is 12.4 Å². The monoisotopic (exact) mass is 309 g/mol. The van der Waals surface area contributed by atoms with Gasteiger partial charge in [0.25, 0.3) is 5.89 Å². The number of hydrogen-bond donors (Lipinski definition) is 1. The maximum atomic E-state index is 13.1. The Labute approximate surface area is 128 Å². The van der Waals surface area contributed by atoms with Gasteiger partial charge < -0.3 is 10.3 Å². The zero-order chi connectivity index (χ0) is 14.0. The van der Waals surface area contributed by atoms with Crippen molar-refractivity contribution >= 4 is 24.6 Å². The number of nitrogens with zero attached hydrogens (tertiary/aromatic N) is 2. The quantitative estimate of drug-likeness (QED) is 0.942. The highest BCUT2D eigenvalue weighted by Gasteiger charge is 2.35. The number of hydrogen-bond acceptors (Lipinski definition) is 4. The molecule has 0 amide bonds. The molecule has 0 aliphatic heterocycles. The number of halogens is 2. The summed E-state index contributed by atoms with van der Waals surface area (Å²) in [5.74, 6) is 0.681. The van der Waals surface area contributed by atoms with E-state index in [0.717, 1.165) is 31.2 Å². The molecule has 2 aromatic rings. The molecule has 0 spiro atoms. The van der Waals surface area contributed by atoms with E-state index < -0.39 is 5.54 Å². The molecule has 0 bridgehead atoms. The summed E-state index contributed by atoms with van der Waals surface area (Å²) in [6.07, 6.45) is 7.37. The molecule has 1 heterocycles. The minimum atomic E-state index is -0.450. The van der Waals surface area contributed by atoms with Crippen LogP contribution in [0.1, 0.15) is 43.0 Å². The van der Waals surface area contributed by atoms with Crippen LogP contribution in [0, 0.1) is 5.82 Å². The topological polar surface area (TPSA) is 64.9 Å². The minimum absolute atomic E-state index is 0. The molecule has 112 valence electrons. The Morgan fingerprint density at radius 1 is 1.24 bits per heavy atom. The summed E-state index contributed by atoms with van der Waals surface area (Å²) in [5, 5.41) is 3.96. The molecule has 1 aromatic carbocycles. The first-order chi connectivity index (χ1) is 9.66. The highest BCUT2D eigenvalue weighted by molar-refractivity contribution is 5.85. The van der Waals surface area contributed by atoms with Crippen molar-refractivity contribution in [1.29, 1.82) is 0 Å². The first-order valence-electron chi connectivity index (χ1n) is 6.72. The molecule has 1 aliphatic rings. The molecule has 0 unspecified atom stereocenters. The molecule has 21 heavy (non-hydrogen) atoms. The first-order valence-corrected chi connectivity index (χ1v) is 6.72. The second kappa shape index (κ2) is 6.37. The third-order valence-corrected chi connectivity index (χ3v) is 3.65. The van der Waals surface area contributed by atoms with Crippen LogP contribution in [0.25, 0.3) is 12.2 Å². The van der Waals surface area contributed by atoms with Crippen molar-refractivity contribution in [2.24, 2.45) is 5.73 Å². The zero-order valence-electron chi connectivity index (χ0n) is 11.5. The molecule has 0 atom stereocenters. The molecule has 1 aromatic heterocycles. The fraction of sp³-hybridized carbons (Fsp3) is 0.333. The molecule has 0 radical (unpaired) electrons. The van der Waals surface area contributed by atoms with Gasteiger partial charge in [-0.25, -0.2) is 4.39 Å². The summed E-state index contributed by atoms with van der Waals surface area (Å²) in [5.41, 5.74) is 6.56. The Morgan fingerprint density at radius 3 is 2.71 bits per heavy atom. The second-order valence-corrected chi connectivity index (χ2v) is 5.21. The van der Waals surface area contributed by atoms with Crippen molar-refractivity contribution in [2.75, 3.05) is 0 Å². The molecule has 1 fully saturated rings. The molecular formula is C15H17ClFN3O. The Balaban J connectivity index is 0.00000161. The lowest BCUT2D eigenvalue weighted by atomic mass is 9.99. The maximum absolute atomic E-state index is 13.1. The maximum Gasteiger partial charge on any atom is 0.250 e. The summed E-state index contributed by atoms with van der Waals surface area (Å²) in [4.78, 5) is 4.32. The van der Waals surface area contributed by atoms with Gasteiger partial charge in [0.05, 0.1) is 5.54 Å². The van der Waals surface area contributed by atoms with E-state index in [2.05, 4.69) is 10.1 Å². The van der Waals surface area contributed by atoms with Crippen LogP contribution in [0.5, 0.6) is 0 Å². The van der Waals surface area contributed by atoms with Gasteiger partial charge in [0, 0.05) is 6.08 Å². The van der Waals surface area contributed by atoms with Crippen molar-refractivity contribution in [3.8, 4) is 0 Å². The summed E-state index contributed by atoms with van der Waals surface area (Å²) in [6, 6.07) is 6.30. The fourth-order valence-electron chi connectivity index (χ4n) is 2.51. The smallest absolute Gasteiger partial charge is 0.250 e. The van der Waals surface area contributed by atoms with Crippen molar-refractivity contribution in [2.45, 2.75) is 31.2 Å². The van der Waals surface area contributed by atoms with Crippen LogP contribution in [0.15, 0.2) is 28.8 Å². The summed E-state index contributed by atoms with van der Waals surface area (Å²) < 4.78 is 18.2. The van der Waals surface area contributed by atoms with E-state index in [0.29, 0.717) is 11.7 Å². The molecular weight excluding hydrogens is 293 g/mol. The van der Waals surface area contributed by atoms with Gasteiger partial charge in [0.1, 0.15) is 5.82 Å². The van der Waals surface area contributed by atoms with Crippen LogP contribution in [0.3, 0.4) is 0 Å². The largest absolute Gasteiger partial charge is 0.335 e. The van der Waals surface area contributed by atoms with Crippen LogP contribution in [-0.2, 0) is 5.54 Å². The lowest BCUT2D eigenvalue weighted by Gasteiger charge is -2.17. The average Bonchev–Trinajstić information content (AvgIpc) is 3.06. The Hall–Kier alpha value is -1.72. The van der Waals surface area contributed by atoms with Gasteiger partial charge in [0.2, 0.25) is 0 Å². The lowest BCUT2D eigenvalue weighted by molar-refractivity contribution is 0.364. The Kier molecular flexibility index (Phi) is 4.75. The van der Waals surface area contributed by atoms with Crippen LogP contribution in [-0.4, -0.2) is 10.1 Å². The standard InChI is InChI=1S/C15H16FN3O.ClH/c16-12-5-3-4-11(10-12)6-7-13-18-14(19-20-13)15(17)8-1-2-9-15;/h3-7,10H,1-2,8-9,17H2;1H/b7-6+;. The first kappa shape index (κ1) is 15.7. The van der Waals surface area contributed by atoms with E-state index in [1.165, 1.54) is 12.1 Å². The van der Waals surface area contributed by atoms with Gasteiger partial charge in [0.15, 0.2) is 5.82 Å². The van der Waals surface area contributed by atoms with Crippen LogP contribution >= 0.6 is 12.4 Å². The van der Waals surface area contributed by atoms with Crippen LogP contribution < -0.4 is 5.73 Å². The number of rotatable bonds is 3. The summed E-state index contributed by atoms with van der Waals surface area (Å²) in [6.45, 7) is 0. The van der Waals surface area contributed by atoms with Crippen molar-refractivity contribution in [3.63, 3.8) is 0 Å². The minimum Gasteiger partial charge on any atom is -0.335 e. The lowest BCUT2D eigenvalue weighted by Crippen LogP contribution is -2.34. The van der Waals surface area contributed by atoms with Crippen molar-refractivity contribution in [1.82, 2.24) is 10.1 Å². The van der Waals surface area contributed by atoms with Crippen molar-refractivity contribution < 1.29 is 8.91 Å². The number of aromatic nitrogens is 2. The normalized spacial score (nSPS) is 17.0. The molecule has 0 saturated heterocycles. The molecule has 2 N–H and O–H groups in total. The van der Waals surface area contributed by atoms with Gasteiger partial charge in [-0.2, -0.15) is 4.98 Å². The van der Waals surface area contributed by atoms with E-state index in [4.69, 9.17) is 10.3 Å². The third kappa shape index (κ3) is 3.49. The van der Waals surface area contributed by atoms with Crippen LogP contribution in [0.2, 0.25) is 0 Å². The predicted molar refractivity (Wildman–Crippen MR) is 81.2 cm³/mol. The van der Waals surface area contributed by atoms with E-state index in [9.17, 15) is 4.39 Å². The number of benzene rings is 1. The van der Waals surface area contributed by atoms with E-state index in [-0.39, 0.29) is 18.2 Å². The van der Waals surface area contributed by atoms with Gasteiger partial charge in [-0.1, -0.05) is 30.1 Å². The molecule has 3 rings (SSSR count). The van der Waals surface area contributed by atoms with E-state index in [1.807, 2.05) is 0 Å². The summed E-state index contributed by atoms with van der Waals surface area (Å²) >= 11 is 0. The Bertz CT molecular complexity index is 635. The Morgan fingerprint density at radius 2 is 2.00 bits per heavy atom. The molecule has 1 saturated carbocycles. The van der Waals surface area contributed by atoms with Crippen LogP contribution in [0.4, 0.5) is 4.39 Å². The van der Waals surface area contributed by atoms with Crippen molar-refractivity contribution in [3.05, 3.63) is 47.4 Å². The summed E-state index contributed by atoms with van der Waals surface area (Å²) in [7, 11) is 0. The highest BCUT2D eigenvalue weighted by atomic mass is 35.5. The number of nitrogens with two attached hydrogens (primary N) is 1. The molecule has 1 aliphatic carbocycles. The van der Waals surface area contributed by atoms with Gasteiger partial charge in [-0.05, 0) is 36.6 Å². The SMILES string of the molecule is Cl.NC1(c2noc(/C=C/c3cccc(F)c3)n2)CCCC1.